The molecule has 0 atom stereocenters. The van der Waals surface area contributed by atoms with Crippen LogP contribution in [0.2, 0.25) is 0 Å². The third kappa shape index (κ3) is 4.81. The number of anilines is 1. The molecule has 8 heteroatoms. The van der Waals surface area contributed by atoms with Crippen molar-refractivity contribution in [2.24, 2.45) is 5.92 Å². The maximum absolute atomic E-state index is 12.9. The SMILES string of the molecule is COC(=O)C1CCN(C(=O)c2ccc(C)c(S(=O)(=O)Nc3ccc(C)cc3)c2)CC1. The van der Waals surface area contributed by atoms with Crippen LogP contribution in [0.5, 0.6) is 0 Å². The van der Waals surface area contributed by atoms with Gasteiger partial charge in [0, 0.05) is 24.3 Å². The number of benzene rings is 2. The Morgan fingerprint density at radius 1 is 1.03 bits per heavy atom. The Labute approximate surface area is 177 Å². The van der Waals surface area contributed by atoms with E-state index in [0.717, 1.165) is 5.56 Å². The monoisotopic (exact) mass is 430 g/mol. The normalized spacial score (nSPS) is 15.0. The maximum atomic E-state index is 12.9. The zero-order chi connectivity index (χ0) is 21.9. The zero-order valence-electron chi connectivity index (χ0n) is 17.3. The highest BCUT2D eigenvalue weighted by atomic mass is 32.2. The lowest BCUT2D eigenvalue weighted by molar-refractivity contribution is -0.146. The molecule has 2 aromatic rings. The zero-order valence-corrected chi connectivity index (χ0v) is 18.2. The summed E-state index contributed by atoms with van der Waals surface area (Å²) >= 11 is 0. The van der Waals surface area contributed by atoms with E-state index in [2.05, 4.69) is 4.72 Å². The van der Waals surface area contributed by atoms with Gasteiger partial charge in [-0.15, -0.1) is 0 Å². The minimum Gasteiger partial charge on any atom is -0.469 e. The highest BCUT2D eigenvalue weighted by molar-refractivity contribution is 7.92. The van der Waals surface area contributed by atoms with Crippen molar-refractivity contribution in [2.75, 3.05) is 24.9 Å². The van der Waals surface area contributed by atoms with Crippen LogP contribution in [-0.2, 0) is 19.6 Å². The number of hydrogen-bond donors (Lipinski definition) is 1. The Kier molecular flexibility index (Phi) is 6.45. The molecule has 1 amide bonds. The average Bonchev–Trinajstić information content (AvgIpc) is 2.74. The van der Waals surface area contributed by atoms with Gasteiger partial charge in [0.1, 0.15) is 0 Å². The smallest absolute Gasteiger partial charge is 0.308 e. The molecule has 0 spiro atoms. The van der Waals surface area contributed by atoms with Crippen LogP contribution in [0, 0.1) is 19.8 Å². The van der Waals surface area contributed by atoms with Crippen LogP contribution in [-0.4, -0.2) is 45.4 Å². The van der Waals surface area contributed by atoms with Crippen LogP contribution in [0.1, 0.15) is 34.3 Å². The third-order valence-electron chi connectivity index (χ3n) is 5.35. The molecule has 0 aliphatic carbocycles. The fourth-order valence-corrected chi connectivity index (χ4v) is 4.85. The summed E-state index contributed by atoms with van der Waals surface area (Å²) in [5, 5.41) is 0. The van der Waals surface area contributed by atoms with Crippen molar-refractivity contribution in [1.29, 1.82) is 0 Å². The van der Waals surface area contributed by atoms with Gasteiger partial charge in [-0.2, -0.15) is 0 Å². The van der Waals surface area contributed by atoms with Crippen LogP contribution >= 0.6 is 0 Å². The van der Waals surface area contributed by atoms with E-state index in [-0.39, 0.29) is 22.7 Å². The number of aryl methyl sites for hydroxylation is 2. The first-order valence-electron chi connectivity index (χ1n) is 9.78. The Hall–Kier alpha value is -2.87. The molecule has 0 radical (unpaired) electrons. The van der Waals surface area contributed by atoms with E-state index in [0.29, 0.717) is 42.7 Å². The summed E-state index contributed by atoms with van der Waals surface area (Å²) in [6.45, 7) is 4.47. The van der Waals surface area contributed by atoms with Gasteiger partial charge in [0.15, 0.2) is 0 Å². The van der Waals surface area contributed by atoms with Gasteiger partial charge in [-0.1, -0.05) is 23.8 Å². The second kappa shape index (κ2) is 8.87. The average molecular weight is 431 g/mol. The van der Waals surface area contributed by atoms with Crippen molar-refractivity contribution in [3.8, 4) is 0 Å². The lowest BCUT2D eigenvalue weighted by atomic mass is 9.96. The summed E-state index contributed by atoms with van der Waals surface area (Å²) in [6, 6.07) is 11.7. The van der Waals surface area contributed by atoms with Crippen molar-refractivity contribution in [3.05, 3.63) is 59.2 Å². The van der Waals surface area contributed by atoms with Crippen LogP contribution in [0.3, 0.4) is 0 Å². The van der Waals surface area contributed by atoms with Gasteiger partial charge >= 0.3 is 5.97 Å². The van der Waals surface area contributed by atoms with Gasteiger partial charge < -0.3 is 9.64 Å². The van der Waals surface area contributed by atoms with Crippen LogP contribution < -0.4 is 4.72 Å². The van der Waals surface area contributed by atoms with Crippen molar-refractivity contribution in [3.63, 3.8) is 0 Å². The molecule has 160 valence electrons. The number of nitrogens with one attached hydrogen (secondary N) is 1. The van der Waals surface area contributed by atoms with Crippen molar-refractivity contribution >= 4 is 27.6 Å². The lowest BCUT2D eigenvalue weighted by Crippen LogP contribution is -2.40. The first-order valence-corrected chi connectivity index (χ1v) is 11.3. The second-order valence-corrected chi connectivity index (χ2v) is 9.19. The van der Waals surface area contributed by atoms with E-state index in [9.17, 15) is 18.0 Å². The summed E-state index contributed by atoms with van der Waals surface area (Å²) in [5.74, 6) is -0.704. The predicted molar refractivity (Wildman–Crippen MR) is 114 cm³/mol. The molecule has 2 aromatic carbocycles. The van der Waals surface area contributed by atoms with Crippen LogP contribution in [0.4, 0.5) is 5.69 Å². The van der Waals surface area contributed by atoms with E-state index in [4.69, 9.17) is 4.74 Å². The maximum Gasteiger partial charge on any atom is 0.308 e. The fraction of sp³-hybridized carbons (Fsp3) is 0.364. The van der Waals surface area contributed by atoms with E-state index in [1.165, 1.54) is 13.2 Å². The van der Waals surface area contributed by atoms with E-state index in [1.807, 2.05) is 19.1 Å². The molecule has 1 N–H and O–H groups in total. The van der Waals surface area contributed by atoms with E-state index < -0.39 is 10.0 Å². The number of rotatable bonds is 5. The van der Waals surface area contributed by atoms with Gasteiger partial charge in [0.05, 0.1) is 17.9 Å². The number of nitrogens with zero attached hydrogens (tertiary/aromatic N) is 1. The molecular weight excluding hydrogens is 404 g/mol. The number of ether oxygens (including phenoxy) is 1. The second-order valence-electron chi connectivity index (χ2n) is 7.54. The summed E-state index contributed by atoms with van der Waals surface area (Å²) in [5.41, 5.74) is 2.34. The third-order valence-corrected chi connectivity index (χ3v) is 6.87. The van der Waals surface area contributed by atoms with E-state index in [1.54, 1.807) is 36.1 Å². The summed E-state index contributed by atoms with van der Waals surface area (Å²) in [6.07, 6.45) is 1.06. The Morgan fingerprint density at radius 2 is 1.67 bits per heavy atom. The highest BCUT2D eigenvalue weighted by Crippen LogP contribution is 2.24. The van der Waals surface area contributed by atoms with Gasteiger partial charge in [-0.3, -0.25) is 14.3 Å². The molecule has 0 unspecified atom stereocenters. The molecular formula is C22H26N2O5S. The minimum absolute atomic E-state index is 0.0679. The quantitative estimate of drug-likeness (QED) is 0.736. The predicted octanol–water partition coefficient (Wildman–Crippen LogP) is 3.13. The fourth-order valence-electron chi connectivity index (χ4n) is 3.52. The number of piperidine rings is 1. The highest BCUT2D eigenvalue weighted by Gasteiger charge is 2.29. The topological polar surface area (TPSA) is 92.8 Å². The minimum atomic E-state index is -3.85. The molecule has 1 heterocycles. The standard InChI is InChI=1S/C22H26N2O5S/c1-15-4-8-19(9-5-15)23-30(27,28)20-14-18(7-6-16(20)2)21(25)24-12-10-17(11-13-24)22(26)29-3/h4-9,14,17,23H,10-13H2,1-3H3. The van der Waals surface area contributed by atoms with Gasteiger partial charge in [-0.25, -0.2) is 8.42 Å². The summed E-state index contributed by atoms with van der Waals surface area (Å²) in [4.78, 5) is 26.3. The Balaban J connectivity index is 1.78. The number of hydrogen-bond acceptors (Lipinski definition) is 5. The molecule has 3 rings (SSSR count). The van der Waals surface area contributed by atoms with Crippen LogP contribution in [0.15, 0.2) is 47.4 Å². The number of amides is 1. The lowest BCUT2D eigenvalue weighted by Gasteiger charge is -2.30. The van der Waals surface area contributed by atoms with Gasteiger partial charge in [0.2, 0.25) is 0 Å². The molecule has 0 saturated carbocycles. The largest absolute Gasteiger partial charge is 0.469 e. The molecule has 7 nitrogen and oxygen atoms in total. The Morgan fingerprint density at radius 3 is 2.27 bits per heavy atom. The molecule has 1 saturated heterocycles. The van der Waals surface area contributed by atoms with Crippen LogP contribution in [0.25, 0.3) is 0 Å². The first-order chi connectivity index (χ1) is 14.2. The number of methoxy groups -OCH3 is 1. The van der Waals surface area contributed by atoms with Crippen molar-refractivity contribution < 1.29 is 22.7 Å². The Bertz CT molecular complexity index is 1040. The number of esters is 1. The van der Waals surface area contributed by atoms with Gasteiger partial charge in [0.25, 0.3) is 15.9 Å². The summed E-state index contributed by atoms with van der Waals surface area (Å²) in [7, 11) is -2.49. The number of carbonyl (C=O) groups excluding carboxylic acids is 2. The van der Waals surface area contributed by atoms with E-state index >= 15 is 0 Å². The molecule has 0 aromatic heterocycles. The number of sulfonamides is 1. The number of carbonyl (C=O) groups is 2. The molecule has 30 heavy (non-hydrogen) atoms. The van der Waals surface area contributed by atoms with Gasteiger partial charge in [-0.05, 0) is 56.5 Å². The molecule has 1 fully saturated rings. The summed E-state index contributed by atoms with van der Waals surface area (Å²) < 4.78 is 33.2. The molecule has 0 bridgehead atoms. The first kappa shape index (κ1) is 21.8. The molecule has 1 aliphatic heterocycles. The molecule has 1 aliphatic rings. The van der Waals surface area contributed by atoms with Crippen molar-refractivity contribution in [1.82, 2.24) is 4.90 Å². The number of likely N-dealkylation sites (tertiary alicyclic amines) is 1. The van der Waals surface area contributed by atoms with Crippen molar-refractivity contribution in [2.45, 2.75) is 31.6 Å².